The molecule has 0 unspecified atom stereocenters. The molecule has 0 amide bonds. The maximum Gasteiger partial charge on any atom is 0.121 e. The minimum Gasteiger partial charge on any atom is -0.351 e. The quantitative estimate of drug-likeness (QED) is 0.570. The summed E-state index contributed by atoms with van der Waals surface area (Å²) in [5, 5.41) is 7.14. The van der Waals surface area contributed by atoms with Crippen molar-refractivity contribution in [1.82, 2.24) is 0 Å². The molecule has 0 atom stereocenters. The van der Waals surface area contributed by atoms with E-state index in [4.69, 9.17) is 5.40 Å². The van der Waals surface area contributed by atoms with E-state index in [2.05, 4.69) is 54.6 Å². The largest absolute Gasteiger partial charge is 0.351 e. The third kappa shape index (κ3) is 5.48. The fourth-order valence-electron chi connectivity index (χ4n) is 1.89. The molecule has 0 aromatic heterocycles. The molecule has 0 radical (unpaired) electrons. The molecule has 3 heteroatoms. The Morgan fingerprint density at radius 1 is 0.929 bits per heavy atom. The van der Waals surface area contributed by atoms with E-state index in [-0.39, 0.29) is 7.92 Å². The van der Waals surface area contributed by atoms with E-state index in [1.165, 1.54) is 5.79 Å². The lowest BCUT2D eigenvalue weighted by Crippen LogP contribution is -2.46. The highest BCUT2D eigenvalue weighted by Gasteiger charge is 2.37. The van der Waals surface area contributed by atoms with Gasteiger partial charge < -0.3 is 5.40 Å². The van der Waals surface area contributed by atoms with Gasteiger partial charge in [0.25, 0.3) is 0 Å². The van der Waals surface area contributed by atoms with E-state index in [0.29, 0.717) is 10.3 Å². The zero-order valence-electron chi connectivity index (χ0n) is 11.2. The van der Waals surface area contributed by atoms with Gasteiger partial charge in [-0.05, 0) is 16.1 Å². The summed E-state index contributed by atoms with van der Waals surface area (Å²) in [5.74, 6) is 1.29. The predicted octanol–water partition coefficient (Wildman–Crippen LogP) is 3.77. The minimum absolute atomic E-state index is 0.00592. The Bertz CT molecular complexity index is 169. The van der Waals surface area contributed by atoms with Crippen LogP contribution in [0.5, 0.6) is 0 Å². The standard InChI is InChI=1S/C11H28NPSi/c1-10(2,3)13(11(4,5)6)9-14(7,8)12/h9,12H2,1-8H3. The van der Waals surface area contributed by atoms with Gasteiger partial charge in [0.05, 0.1) is 0 Å². The van der Waals surface area contributed by atoms with E-state index in [1.54, 1.807) is 0 Å². The Kier molecular flexibility index (Phi) is 4.41. The van der Waals surface area contributed by atoms with Gasteiger partial charge in [0.1, 0.15) is 8.24 Å². The molecular weight excluding hydrogens is 205 g/mol. The Labute approximate surface area is 92.7 Å². The summed E-state index contributed by atoms with van der Waals surface area (Å²) in [6, 6.07) is 0. The summed E-state index contributed by atoms with van der Waals surface area (Å²) in [5.41, 5.74) is 0. The van der Waals surface area contributed by atoms with Crippen LogP contribution in [0.15, 0.2) is 0 Å². The number of hydrogen-bond acceptors (Lipinski definition) is 1. The lowest BCUT2D eigenvalue weighted by Gasteiger charge is -2.44. The highest BCUT2D eigenvalue weighted by atomic mass is 31.1. The molecule has 0 heterocycles. The normalized spacial score (nSPS) is 15.0. The van der Waals surface area contributed by atoms with Gasteiger partial charge in [-0.1, -0.05) is 62.6 Å². The van der Waals surface area contributed by atoms with Gasteiger partial charge >= 0.3 is 0 Å². The van der Waals surface area contributed by atoms with Crippen LogP contribution in [-0.4, -0.2) is 24.3 Å². The van der Waals surface area contributed by atoms with Crippen molar-refractivity contribution in [1.29, 1.82) is 0 Å². The second-order valence-corrected chi connectivity index (χ2v) is 15.7. The minimum atomic E-state index is -1.41. The summed E-state index contributed by atoms with van der Waals surface area (Å²) in [4.78, 5) is 0. The highest BCUT2D eigenvalue weighted by molar-refractivity contribution is 7.63. The molecular formula is C11H28NPSi. The molecule has 86 valence electrons. The van der Waals surface area contributed by atoms with Crippen molar-refractivity contribution in [3.05, 3.63) is 0 Å². The van der Waals surface area contributed by atoms with Crippen LogP contribution in [-0.2, 0) is 0 Å². The maximum atomic E-state index is 6.28. The molecule has 0 bridgehead atoms. The molecule has 0 aliphatic heterocycles. The first kappa shape index (κ1) is 14.6. The molecule has 0 rings (SSSR count). The molecule has 0 aromatic rings. The fourth-order valence-corrected chi connectivity index (χ4v) is 11.0. The number of rotatable bonds is 2. The van der Waals surface area contributed by atoms with Crippen LogP contribution in [0.2, 0.25) is 13.1 Å². The van der Waals surface area contributed by atoms with Gasteiger partial charge in [0.15, 0.2) is 0 Å². The third-order valence-electron chi connectivity index (χ3n) is 2.19. The number of nitrogens with two attached hydrogens (primary N) is 1. The first-order valence-corrected chi connectivity index (χ1v) is 10.2. The predicted molar refractivity (Wildman–Crippen MR) is 73.0 cm³/mol. The Hall–Kier alpha value is 0.607. The zero-order chi connectivity index (χ0) is 11.8. The van der Waals surface area contributed by atoms with E-state index >= 15 is 0 Å². The molecule has 0 aromatic carbocycles. The summed E-state index contributed by atoms with van der Waals surface area (Å²) >= 11 is 0. The Morgan fingerprint density at radius 2 is 1.21 bits per heavy atom. The van der Waals surface area contributed by atoms with Gasteiger partial charge in [0, 0.05) is 0 Å². The monoisotopic (exact) mass is 233 g/mol. The molecule has 0 spiro atoms. The summed E-state index contributed by atoms with van der Waals surface area (Å²) in [6.45, 7) is 18.7. The van der Waals surface area contributed by atoms with E-state index in [0.717, 1.165) is 0 Å². The fraction of sp³-hybridized carbons (Fsp3) is 1.00. The van der Waals surface area contributed by atoms with Crippen molar-refractivity contribution in [3.63, 3.8) is 0 Å². The molecule has 0 aliphatic carbocycles. The topological polar surface area (TPSA) is 26.0 Å². The summed E-state index contributed by atoms with van der Waals surface area (Å²) in [7, 11) is -1.41. The molecule has 0 aliphatic rings. The molecule has 0 fully saturated rings. The summed E-state index contributed by atoms with van der Waals surface area (Å²) < 4.78 is 0. The zero-order valence-corrected chi connectivity index (χ0v) is 13.1. The van der Waals surface area contributed by atoms with Crippen molar-refractivity contribution in [2.45, 2.75) is 64.9 Å². The first-order chi connectivity index (χ1) is 5.84. The lowest BCUT2D eigenvalue weighted by atomic mass is 10.2. The number of hydrogen-bond donors (Lipinski definition) is 1. The van der Waals surface area contributed by atoms with Crippen molar-refractivity contribution in [3.8, 4) is 0 Å². The smallest absolute Gasteiger partial charge is 0.121 e. The molecule has 14 heavy (non-hydrogen) atoms. The van der Waals surface area contributed by atoms with Gasteiger partial charge in [-0.15, -0.1) is 0 Å². The molecule has 1 nitrogen and oxygen atoms in total. The van der Waals surface area contributed by atoms with E-state index < -0.39 is 8.24 Å². The van der Waals surface area contributed by atoms with Crippen molar-refractivity contribution < 1.29 is 0 Å². The van der Waals surface area contributed by atoms with Gasteiger partial charge in [-0.3, -0.25) is 0 Å². The van der Waals surface area contributed by atoms with Crippen LogP contribution in [0, 0.1) is 0 Å². The molecule has 2 N–H and O–H groups in total. The Morgan fingerprint density at radius 3 is 1.29 bits per heavy atom. The second-order valence-electron chi connectivity index (χ2n) is 6.92. The lowest BCUT2D eigenvalue weighted by molar-refractivity contribution is 0.708. The first-order valence-electron chi connectivity index (χ1n) is 5.41. The van der Waals surface area contributed by atoms with Gasteiger partial charge in [-0.2, -0.15) is 0 Å². The molecule has 0 saturated heterocycles. The van der Waals surface area contributed by atoms with Crippen molar-refractivity contribution in [2.24, 2.45) is 5.40 Å². The van der Waals surface area contributed by atoms with E-state index in [9.17, 15) is 0 Å². The average Bonchev–Trinajstić information content (AvgIpc) is 1.75. The average molecular weight is 233 g/mol. The van der Waals surface area contributed by atoms with Crippen molar-refractivity contribution in [2.75, 3.05) is 5.79 Å². The van der Waals surface area contributed by atoms with Crippen LogP contribution < -0.4 is 5.40 Å². The Balaban J connectivity index is 4.78. The second kappa shape index (κ2) is 4.23. The van der Waals surface area contributed by atoms with Crippen molar-refractivity contribution >= 4 is 16.2 Å². The van der Waals surface area contributed by atoms with Gasteiger partial charge in [0.2, 0.25) is 0 Å². The van der Waals surface area contributed by atoms with Crippen LogP contribution in [0.4, 0.5) is 0 Å². The van der Waals surface area contributed by atoms with Crippen LogP contribution in [0.3, 0.4) is 0 Å². The van der Waals surface area contributed by atoms with Crippen LogP contribution >= 0.6 is 7.92 Å². The van der Waals surface area contributed by atoms with Crippen LogP contribution in [0.25, 0.3) is 0 Å². The summed E-state index contributed by atoms with van der Waals surface area (Å²) in [6.07, 6.45) is 0. The van der Waals surface area contributed by atoms with Crippen LogP contribution in [0.1, 0.15) is 41.5 Å². The molecule has 0 saturated carbocycles. The highest BCUT2D eigenvalue weighted by Crippen LogP contribution is 2.59. The maximum absolute atomic E-state index is 6.28. The third-order valence-corrected chi connectivity index (χ3v) is 9.95. The van der Waals surface area contributed by atoms with E-state index in [1.807, 2.05) is 0 Å². The SMILES string of the molecule is CC(C)(C)P(C[Si](C)(C)N)C(C)(C)C. The van der Waals surface area contributed by atoms with Gasteiger partial charge in [-0.25, -0.2) is 0 Å².